The lowest BCUT2D eigenvalue weighted by molar-refractivity contribution is 0.121. The van der Waals surface area contributed by atoms with Crippen LogP contribution in [-0.4, -0.2) is 31.1 Å². The van der Waals surface area contributed by atoms with Crippen molar-refractivity contribution in [2.75, 3.05) is 26.2 Å². The molecule has 0 unspecified atom stereocenters. The molecule has 2 N–H and O–H groups in total. The third-order valence-corrected chi connectivity index (χ3v) is 4.84. The lowest BCUT2D eigenvalue weighted by Crippen LogP contribution is -2.43. The molecule has 0 saturated heterocycles. The Labute approximate surface area is 101 Å². The Morgan fingerprint density at radius 1 is 1.19 bits per heavy atom. The van der Waals surface area contributed by atoms with Crippen molar-refractivity contribution in [3.05, 3.63) is 0 Å². The van der Waals surface area contributed by atoms with Gasteiger partial charge in [0.2, 0.25) is 0 Å². The van der Waals surface area contributed by atoms with Crippen LogP contribution < -0.4 is 5.73 Å². The Morgan fingerprint density at radius 2 is 1.88 bits per heavy atom. The molecule has 2 aliphatic carbocycles. The highest BCUT2D eigenvalue weighted by Gasteiger charge is 2.34. The van der Waals surface area contributed by atoms with E-state index in [4.69, 9.17) is 5.73 Å². The quantitative estimate of drug-likeness (QED) is 0.751. The van der Waals surface area contributed by atoms with Gasteiger partial charge in [-0.05, 0) is 50.1 Å². The highest BCUT2D eigenvalue weighted by atomic mass is 15.1. The summed E-state index contributed by atoms with van der Waals surface area (Å²) in [6.45, 7) is 7.00. The van der Waals surface area contributed by atoms with Gasteiger partial charge in [0.05, 0.1) is 0 Å². The molecule has 2 rings (SSSR count). The summed E-state index contributed by atoms with van der Waals surface area (Å²) >= 11 is 0. The Bertz CT molecular complexity index is 205. The molecule has 94 valence electrons. The smallest absolute Gasteiger partial charge is 0.00501 e. The number of nitrogens with two attached hydrogens (primary N) is 1. The van der Waals surface area contributed by atoms with Crippen molar-refractivity contribution in [2.45, 2.75) is 51.9 Å². The second kappa shape index (κ2) is 5.50. The molecule has 0 heterocycles. The first-order valence-corrected chi connectivity index (χ1v) is 7.20. The van der Waals surface area contributed by atoms with E-state index in [-0.39, 0.29) is 0 Å². The molecule has 16 heavy (non-hydrogen) atoms. The highest BCUT2D eigenvalue weighted by molar-refractivity contribution is 4.89. The van der Waals surface area contributed by atoms with Gasteiger partial charge in [-0.25, -0.2) is 0 Å². The van der Waals surface area contributed by atoms with Crippen LogP contribution >= 0.6 is 0 Å². The fourth-order valence-electron chi connectivity index (χ4n) is 3.37. The third-order valence-electron chi connectivity index (χ3n) is 4.84. The van der Waals surface area contributed by atoms with Crippen molar-refractivity contribution in [1.29, 1.82) is 0 Å². The van der Waals surface area contributed by atoms with Gasteiger partial charge < -0.3 is 10.6 Å². The molecule has 2 heteroatoms. The van der Waals surface area contributed by atoms with E-state index >= 15 is 0 Å². The van der Waals surface area contributed by atoms with Gasteiger partial charge in [-0.15, -0.1) is 0 Å². The average Bonchev–Trinajstić information content (AvgIpc) is 2.71. The summed E-state index contributed by atoms with van der Waals surface area (Å²) in [4.78, 5) is 2.67. The first kappa shape index (κ1) is 12.4. The van der Waals surface area contributed by atoms with E-state index in [1.807, 2.05) is 0 Å². The van der Waals surface area contributed by atoms with Gasteiger partial charge in [0.1, 0.15) is 0 Å². The predicted molar refractivity (Wildman–Crippen MR) is 69.4 cm³/mol. The van der Waals surface area contributed by atoms with Crippen LogP contribution in [0, 0.1) is 11.3 Å². The molecule has 0 amide bonds. The van der Waals surface area contributed by atoms with E-state index in [2.05, 4.69) is 11.8 Å². The van der Waals surface area contributed by atoms with Crippen LogP contribution in [0.1, 0.15) is 51.9 Å². The van der Waals surface area contributed by atoms with E-state index in [0.29, 0.717) is 5.41 Å². The minimum absolute atomic E-state index is 0.472. The van der Waals surface area contributed by atoms with Gasteiger partial charge in [-0.3, -0.25) is 0 Å². The molecular formula is C14H28N2. The summed E-state index contributed by atoms with van der Waals surface area (Å²) in [6.07, 6.45) is 9.92. The molecule has 2 nitrogen and oxygen atoms in total. The summed E-state index contributed by atoms with van der Waals surface area (Å²) in [5.41, 5.74) is 6.49. The highest BCUT2D eigenvalue weighted by Crippen LogP contribution is 2.38. The molecule has 0 aromatic rings. The fourth-order valence-corrected chi connectivity index (χ4v) is 3.37. The normalized spacial score (nSPS) is 24.9. The zero-order valence-electron chi connectivity index (χ0n) is 10.9. The van der Waals surface area contributed by atoms with Crippen LogP contribution in [0.2, 0.25) is 0 Å². The number of rotatable bonds is 6. The summed E-state index contributed by atoms with van der Waals surface area (Å²) in [5, 5.41) is 0. The molecular weight excluding hydrogens is 196 g/mol. The predicted octanol–water partition coefficient (Wildman–Crippen LogP) is 2.63. The number of hydrogen-bond donors (Lipinski definition) is 1. The summed E-state index contributed by atoms with van der Waals surface area (Å²) in [5.74, 6) is 0.996. The largest absolute Gasteiger partial charge is 0.330 e. The standard InChI is InChI=1S/C14H28N2/c1-2-16(10-13-6-5-7-13)12-14(11-15)8-3-4-9-14/h13H,2-12,15H2,1H3. The third kappa shape index (κ3) is 2.78. The fraction of sp³-hybridized carbons (Fsp3) is 1.00. The van der Waals surface area contributed by atoms with Crippen LogP contribution in [0.4, 0.5) is 0 Å². The van der Waals surface area contributed by atoms with Crippen LogP contribution in [0.5, 0.6) is 0 Å². The second-order valence-corrected chi connectivity index (χ2v) is 6.04. The molecule has 0 spiro atoms. The Balaban J connectivity index is 1.83. The summed E-state index contributed by atoms with van der Waals surface area (Å²) in [6, 6.07) is 0. The van der Waals surface area contributed by atoms with Gasteiger partial charge in [0.25, 0.3) is 0 Å². The molecule has 0 aliphatic heterocycles. The molecule has 2 aliphatic rings. The van der Waals surface area contributed by atoms with Crippen LogP contribution in [0.25, 0.3) is 0 Å². The van der Waals surface area contributed by atoms with Gasteiger partial charge >= 0.3 is 0 Å². The van der Waals surface area contributed by atoms with Crippen LogP contribution in [-0.2, 0) is 0 Å². The van der Waals surface area contributed by atoms with Gasteiger partial charge in [-0.2, -0.15) is 0 Å². The van der Waals surface area contributed by atoms with Gasteiger partial charge in [0, 0.05) is 13.1 Å². The second-order valence-electron chi connectivity index (χ2n) is 6.04. The van der Waals surface area contributed by atoms with E-state index in [0.717, 1.165) is 12.5 Å². The van der Waals surface area contributed by atoms with Crippen molar-refractivity contribution in [3.63, 3.8) is 0 Å². The maximum absolute atomic E-state index is 6.02. The summed E-state index contributed by atoms with van der Waals surface area (Å²) in [7, 11) is 0. The number of hydrogen-bond acceptors (Lipinski definition) is 2. The van der Waals surface area contributed by atoms with Crippen molar-refractivity contribution >= 4 is 0 Å². The van der Waals surface area contributed by atoms with Crippen LogP contribution in [0.15, 0.2) is 0 Å². The minimum Gasteiger partial charge on any atom is -0.330 e. The Hall–Kier alpha value is -0.0800. The molecule has 2 saturated carbocycles. The maximum Gasteiger partial charge on any atom is 0.00501 e. The first-order valence-electron chi connectivity index (χ1n) is 7.20. The van der Waals surface area contributed by atoms with E-state index in [1.54, 1.807) is 0 Å². The first-order chi connectivity index (χ1) is 7.78. The lowest BCUT2D eigenvalue weighted by Gasteiger charge is -2.37. The minimum atomic E-state index is 0.472. The van der Waals surface area contributed by atoms with Crippen molar-refractivity contribution in [3.8, 4) is 0 Å². The van der Waals surface area contributed by atoms with E-state index in [9.17, 15) is 0 Å². The zero-order valence-corrected chi connectivity index (χ0v) is 10.9. The van der Waals surface area contributed by atoms with E-state index in [1.165, 1.54) is 64.6 Å². The van der Waals surface area contributed by atoms with Crippen molar-refractivity contribution < 1.29 is 0 Å². The molecule has 0 radical (unpaired) electrons. The average molecular weight is 224 g/mol. The number of nitrogens with zero attached hydrogens (tertiary/aromatic N) is 1. The van der Waals surface area contributed by atoms with Gasteiger partial charge in [-0.1, -0.05) is 26.2 Å². The Kier molecular flexibility index (Phi) is 4.26. The Morgan fingerprint density at radius 3 is 2.31 bits per heavy atom. The lowest BCUT2D eigenvalue weighted by atomic mass is 9.82. The SMILES string of the molecule is CCN(CC1CCC1)CC1(CN)CCCC1. The monoisotopic (exact) mass is 224 g/mol. The van der Waals surface area contributed by atoms with Crippen molar-refractivity contribution in [1.82, 2.24) is 4.90 Å². The molecule has 2 fully saturated rings. The van der Waals surface area contributed by atoms with Gasteiger partial charge in [0.15, 0.2) is 0 Å². The maximum atomic E-state index is 6.02. The molecule has 0 aromatic heterocycles. The van der Waals surface area contributed by atoms with Crippen molar-refractivity contribution in [2.24, 2.45) is 17.1 Å². The topological polar surface area (TPSA) is 29.3 Å². The molecule has 0 aromatic carbocycles. The molecule has 0 bridgehead atoms. The van der Waals surface area contributed by atoms with Crippen LogP contribution in [0.3, 0.4) is 0 Å². The molecule has 0 atom stereocenters. The zero-order chi connectivity index (χ0) is 11.4. The van der Waals surface area contributed by atoms with E-state index < -0.39 is 0 Å². The summed E-state index contributed by atoms with van der Waals surface area (Å²) < 4.78 is 0.